The highest BCUT2D eigenvalue weighted by molar-refractivity contribution is 5.87. The maximum absolute atomic E-state index is 11.4. The van der Waals surface area contributed by atoms with Crippen molar-refractivity contribution in [1.29, 1.82) is 0 Å². The Bertz CT molecular complexity index is 421. The summed E-state index contributed by atoms with van der Waals surface area (Å²) in [6.45, 7) is 1.04. The van der Waals surface area contributed by atoms with E-state index in [4.69, 9.17) is 5.11 Å². The molecule has 0 spiro atoms. The lowest BCUT2D eigenvalue weighted by Crippen LogP contribution is -2.24. The van der Waals surface area contributed by atoms with Gasteiger partial charge in [0.1, 0.15) is 0 Å². The van der Waals surface area contributed by atoms with Crippen molar-refractivity contribution in [3.63, 3.8) is 0 Å². The van der Waals surface area contributed by atoms with Crippen molar-refractivity contribution < 1.29 is 14.7 Å². The summed E-state index contributed by atoms with van der Waals surface area (Å²) in [5.41, 5.74) is 0.710. The van der Waals surface area contributed by atoms with E-state index in [2.05, 4.69) is 15.6 Å². The molecule has 6 heteroatoms. The molecule has 0 aliphatic rings. The van der Waals surface area contributed by atoms with Gasteiger partial charge in [-0.25, -0.2) is 4.79 Å². The number of aromatic carboxylic acids is 1. The summed E-state index contributed by atoms with van der Waals surface area (Å²) in [4.78, 5) is 26.2. The van der Waals surface area contributed by atoms with Gasteiger partial charge < -0.3 is 15.7 Å². The molecule has 1 aromatic heterocycles. The molecule has 1 amide bonds. The molecule has 1 rings (SSSR count). The van der Waals surface area contributed by atoms with Gasteiger partial charge in [0.2, 0.25) is 5.91 Å². The standard InChI is InChI=1S/C12H17N3O3/c1-13-5-2-3-11(16)15-8-10-7-9(12(17)18)4-6-14-10/h4,6-7,13H,2-3,5,8H2,1H3,(H,15,16)(H,17,18). The van der Waals surface area contributed by atoms with E-state index in [1.807, 2.05) is 7.05 Å². The van der Waals surface area contributed by atoms with E-state index < -0.39 is 5.97 Å². The van der Waals surface area contributed by atoms with E-state index in [1.165, 1.54) is 18.3 Å². The first kappa shape index (κ1) is 14.1. The van der Waals surface area contributed by atoms with Gasteiger partial charge in [0.15, 0.2) is 0 Å². The first-order chi connectivity index (χ1) is 8.63. The molecule has 0 radical (unpaired) electrons. The maximum atomic E-state index is 11.4. The van der Waals surface area contributed by atoms with Crippen LogP contribution < -0.4 is 10.6 Å². The number of aromatic nitrogens is 1. The largest absolute Gasteiger partial charge is 0.478 e. The highest BCUT2D eigenvalue weighted by Gasteiger charge is 2.05. The number of carboxylic acids is 1. The van der Waals surface area contributed by atoms with Gasteiger partial charge in [-0.1, -0.05) is 0 Å². The van der Waals surface area contributed by atoms with Crippen LogP contribution in [0.3, 0.4) is 0 Å². The number of hydrogen-bond donors (Lipinski definition) is 3. The lowest BCUT2D eigenvalue weighted by molar-refractivity contribution is -0.121. The number of rotatable bonds is 7. The molecule has 0 atom stereocenters. The monoisotopic (exact) mass is 251 g/mol. The molecule has 0 saturated heterocycles. The number of hydrogen-bond acceptors (Lipinski definition) is 4. The van der Waals surface area contributed by atoms with Gasteiger partial charge in [-0.2, -0.15) is 0 Å². The zero-order chi connectivity index (χ0) is 13.4. The van der Waals surface area contributed by atoms with Crippen LogP contribution in [-0.4, -0.2) is 35.6 Å². The van der Waals surface area contributed by atoms with Crippen LogP contribution in [0.15, 0.2) is 18.3 Å². The third-order valence-corrected chi connectivity index (χ3v) is 2.36. The van der Waals surface area contributed by atoms with Gasteiger partial charge in [0, 0.05) is 12.6 Å². The van der Waals surface area contributed by atoms with Crippen molar-refractivity contribution in [2.75, 3.05) is 13.6 Å². The fourth-order valence-electron chi connectivity index (χ4n) is 1.41. The Hall–Kier alpha value is -1.95. The van der Waals surface area contributed by atoms with Crippen LogP contribution in [0.5, 0.6) is 0 Å². The van der Waals surface area contributed by atoms with Gasteiger partial charge in [-0.3, -0.25) is 9.78 Å². The summed E-state index contributed by atoms with van der Waals surface area (Å²) < 4.78 is 0. The molecule has 0 aliphatic heterocycles. The number of nitrogens with zero attached hydrogens (tertiary/aromatic N) is 1. The molecule has 18 heavy (non-hydrogen) atoms. The second kappa shape index (κ2) is 7.39. The lowest BCUT2D eigenvalue weighted by Gasteiger charge is -2.05. The Labute approximate surface area is 105 Å². The third-order valence-electron chi connectivity index (χ3n) is 2.36. The maximum Gasteiger partial charge on any atom is 0.335 e. The summed E-state index contributed by atoms with van der Waals surface area (Å²) in [6, 6.07) is 2.87. The van der Waals surface area contributed by atoms with Crippen LogP contribution in [0.25, 0.3) is 0 Å². The number of carbonyl (C=O) groups is 2. The molecular formula is C12H17N3O3. The molecule has 6 nitrogen and oxygen atoms in total. The molecule has 0 bridgehead atoms. The molecule has 0 fully saturated rings. The van der Waals surface area contributed by atoms with Crippen LogP contribution in [-0.2, 0) is 11.3 Å². The highest BCUT2D eigenvalue weighted by atomic mass is 16.4. The summed E-state index contributed by atoms with van der Waals surface area (Å²) in [5, 5.41) is 14.5. The summed E-state index contributed by atoms with van der Waals surface area (Å²) >= 11 is 0. The van der Waals surface area contributed by atoms with Gasteiger partial charge >= 0.3 is 5.97 Å². The predicted octanol–water partition coefficient (Wildman–Crippen LogP) is 0.396. The summed E-state index contributed by atoms with van der Waals surface area (Å²) in [7, 11) is 1.83. The van der Waals surface area contributed by atoms with Crippen LogP contribution in [0, 0.1) is 0 Å². The Morgan fingerprint density at radius 1 is 1.44 bits per heavy atom. The number of amides is 1. The Morgan fingerprint density at radius 3 is 2.89 bits per heavy atom. The molecule has 0 unspecified atom stereocenters. The zero-order valence-corrected chi connectivity index (χ0v) is 10.3. The fourth-order valence-corrected chi connectivity index (χ4v) is 1.41. The first-order valence-corrected chi connectivity index (χ1v) is 5.73. The van der Waals surface area contributed by atoms with Crippen molar-refractivity contribution in [2.24, 2.45) is 0 Å². The van der Waals surface area contributed by atoms with E-state index in [9.17, 15) is 9.59 Å². The molecular weight excluding hydrogens is 234 g/mol. The Balaban J connectivity index is 2.41. The SMILES string of the molecule is CNCCCC(=O)NCc1cc(C(=O)O)ccn1. The summed E-state index contributed by atoms with van der Waals surface area (Å²) in [5.74, 6) is -1.06. The van der Waals surface area contributed by atoms with Crippen molar-refractivity contribution in [3.8, 4) is 0 Å². The van der Waals surface area contributed by atoms with Gasteiger partial charge in [0.05, 0.1) is 17.8 Å². The molecule has 1 aromatic rings. The van der Waals surface area contributed by atoms with E-state index in [1.54, 1.807) is 0 Å². The Morgan fingerprint density at radius 2 is 2.22 bits per heavy atom. The molecule has 98 valence electrons. The lowest BCUT2D eigenvalue weighted by atomic mass is 10.2. The van der Waals surface area contributed by atoms with Crippen LogP contribution in [0.1, 0.15) is 28.9 Å². The van der Waals surface area contributed by atoms with E-state index in [-0.39, 0.29) is 18.0 Å². The number of carboxylic acid groups (broad SMARTS) is 1. The zero-order valence-electron chi connectivity index (χ0n) is 10.3. The van der Waals surface area contributed by atoms with Crippen molar-refractivity contribution >= 4 is 11.9 Å². The normalized spacial score (nSPS) is 10.1. The fraction of sp³-hybridized carbons (Fsp3) is 0.417. The quantitative estimate of drug-likeness (QED) is 0.610. The molecule has 3 N–H and O–H groups in total. The first-order valence-electron chi connectivity index (χ1n) is 5.73. The molecule has 1 heterocycles. The summed E-state index contributed by atoms with van der Waals surface area (Å²) in [6.07, 6.45) is 2.64. The average molecular weight is 251 g/mol. The minimum Gasteiger partial charge on any atom is -0.478 e. The Kier molecular flexibility index (Phi) is 5.79. The van der Waals surface area contributed by atoms with E-state index in [0.717, 1.165) is 13.0 Å². The minimum absolute atomic E-state index is 0.0622. The second-order valence-corrected chi connectivity index (χ2v) is 3.82. The van der Waals surface area contributed by atoms with Crippen molar-refractivity contribution in [3.05, 3.63) is 29.6 Å². The van der Waals surface area contributed by atoms with Gasteiger partial charge in [-0.05, 0) is 32.1 Å². The van der Waals surface area contributed by atoms with E-state index >= 15 is 0 Å². The highest BCUT2D eigenvalue weighted by Crippen LogP contribution is 2.01. The van der Waals surface area contributed by atoms with Crippen molar-refractivity contribution in [1.82, 2.24) is 15.6 Å². The van der Waals surface area contributed by atoms with E-state index in [0.29, 0.717) is 12.1 Å². The molecule has 0 aliphatic carbocycles. The molecule has 0 saturated carbocycles. The number of carbonyl (C=O) groups excluding carboxylic acids is 1. The average Bonchev–Trinajstić information content (AvgIpc) is 2.37. The van der Waals surface area contributed by atoms with Gasteiger partial charge in [-0.15, -0.1) is 0 Å². The minimum atomic E-state index is -1.00. The van der Waals surface area contributed by atoms with Crippen LogP contribution in [0.2, 0.25) is 0 Å². The smallest absolute Gasteiger partial charge is 0.335 e. The number of pyridine rings is 1. The molecule has 0 aromatic carbocycles. The van der Waals surface area contributed by atoms with Crippen molar-refractivity contribution in [2.45, 2.75) is 19.4 Å². The van der Waals surface area contributed by atoms with Crippen LogP contribution in [0.4, 0.5) is 0 Å². The van der Waals surface area contributed by atoms with Gasteiger partial charge in [0.25, 0.3) is 0 Å². The predicted molar refractivity (Wildman–Crippen MR) is 66.2 cm³/mol. The third kappa shape index (κ3) is 4.92. The topological polar surface area (TPSA) is 91.3 Å². The van der Waals surface area contributed by atoms with Crippen LogP contribution >= 0.6 is 0 Å². The second-order valence-electron chi connectivity index (χ2n) is 3.82. The number of nitrogens with one attached hydrogen (secondary N) is 2.